The minimum Gasteiger partial charge on any atom is -0.497 e. The second kappa shape index (κ2) is 9.02. The van der Waals surface area contributed by atoms with Crippen LogP contribution in [-0.2, 0) is 13.1 Å². The first-order valence-corrected chi connectivity index (χ1v) is 7.84. The molecule has 0 fully saturated rings. The first-order valence-electron chi connectivity index (χ1n) is 7.84. The van der Waals surface area contributed by atoms with E-state index in [4.69, 9.17) is 14.7 Å². The van der Waals surface area contributed by atoms with E-state index in [1.807, 2.05) is 23.1 Å². The summed E-state index contributed by atoms with van der Waals surface area (Å²) in [5, 5.41) is 18.3. The Hall–Kier alpha value is -2.62. The third-order valence-electron chi connectivity index (χ3n) is 3.87. The molecule has 2 aromatic rings. The Morgan fingerprint density at radius 1 is 1.08 bits per heavy atom. The van der Waals surface area contributed by atoms with E-state index >= 15 is 0 Å². The highest BCUT2D eigenvalue weighted by molar-refractivity contribution is 5.40. The molecule has 0 radical (unpaired) electrons. The van der Waals surface area contributed by atoms with Crippen molar-refractivity contribution in [2.24, 2.45) is 0 Å². The van der Waals surface area contributed by atoms with E-state index in [1.165, 1.54) is 18.2 Å². The molecule has 5 nitrogen and oxygen atoms in total. The summed E-state index contributed by atoms with van der Waals surface area (Å²) in [6.45, 7) is 1.00. The fourth-order valence-corrected chi connectivity index (χ4v) is 2.61. The molecule has 132 valence electrons. The number of benzene rings is 2. The van der Waals surface area contributed by atoms with Crippen LogP contribution in [0, 0.1) is 17.1 Å². The first-order chi connectivity index (χ1) is 12.1. The van der Waals surface area contributed by atoms with Crippen molar-refractivity contribution >= 4 is 0 Å². The number of aliphatic hydroxyl groups is 1. The SMILES string of the molecule is COc1ccc(OC)c(CN(CCO)Cc2cc(C#N)ccc2F)c1. The molecule has 0 spiro atoms. The summed E-state index contributed by atoms with van der Waals surface area (Å²) < 4.78 is 24.7. The van der Waals surface area contributed by atoms with Gasteiger partial charge in [0.1, 0.15) is 17.3 Å². The van der Waals surface area contributed by atoms with Crippen molar-refractivity contribution < 1.29 is 19.0 Å². The van der Waals surface area contributed by atoms with Crippen LogP contribution in [0.15, 0.2) is 36.4 Å². The molecular formula is C19H21FN2O3. The molecule has 0 amide bonds. The van der Waals surface area contributed by atoms with Crippen LogP contribution >= 0.6 is 0 Å². The summed E-state index contributed by atoms with van der Waals surface area (Å²) in [5.41, 5.74) is 1.68. The van der Waals surface area contributed by atoms with Crippen molar-refractivity contribution in [3.63, 3.8) is 0 Å². The van der Waals surface area contributed by atoms with Gasteiger partial charge >= 0.3 is 0 Å². The highest BCUT2D eigenvalue weighted by Crippen LogP contribution is 2.26. The Balaban J connectivity index is 2.26. The molecule has 25 heavy (non-hydrogen) atoms. The van der Waals surface area contributed by atoms with Gasteiger partial charge in [-0.2, -0.15) is 5.26 Å². The predicted octanol–water partition coefficient (Wildman–Crippen LogP) is 2.71. The Labute approximate surface area is 146 Å². The average Bonchev–Trinajstić information content (AvgIpc) is 2.63. The van der Waals surface area contributed by atoms with Gasteiger partial charge < -0.3 is 14.6 Å². The van der Waals surface area contributed by atoms with Crippen LogP contribution < -0.4 is 9.47 Å². The summed E-state index contributed by atoms with van der Waals surface area (Å²) >= 11 is 0. The minimum absolute atomic E-state index is 0.0636. The second-order valence-corrected chi connectivity index (χ2v) is 5.53. The number of hydrogen-bond acceptors (Lipinski definition) is 5. The number of halogens is 1. The molecule has 0 aromatic heterocycles. The highest BCUT2D eigenvalue weighted by atomic mass is 19.1. The number of rotatable bonds is 8. The van der Waals surface area contributed by atoms with Gasteiger partial charge in [0.05, 0.1) is 32.5 Å². The zero-order chi connectivity index (χ0) is 18.2. The molecule has 6 heteroatoms. The lowest BCUT2D eigenvalue weighted by molar-refractivity contribution is 0.181. The number of methoxy groups -OCH3 is 2. The van der Waals surface area contributed by atoms with Crippen LogP contribution in [0.1, 0.15) is 16.7 Å². The van der Waals surface area contributed by atoms with Gasteiger partial charge in [0.15, 0.2) is 0 Å². The number of ether oxygens (including phenoxy) is 2. The quantitative estimate of drug-likeness (QED) is 0.798. The van der Waals surface area contributed by atoms with Gasteiger partial charge in [0.25, 0.3) is 0 Å². The van der Waals surface area contributed by atoms with Crippen molar-refractivity contribution in [1.82, 2.24) is 4.90 Å². The Kier molecular flexibility index (Phi) is 6.75. The van der Waals surface area contributed by atoms with Crippen LogP contribution in [0.25, 0.3) is 0 Å². The van der Waals surface area contributed by atoms with Gasteiger partial charge in [-0.15, -0.1) is 0 Å². The van der Waals surface area contributed by atoms with Crippen LogP contribution in [0.2, 0.25) is 0 Å². The molecule has 0 aliphatic heterocycles. The highest BCUT2D eigenvalue weighted by Gasteiger charge is 2.14. The van der Waals surface area contributed by atoms with Crippen molar-refractivity contribution in [3.05, 3.63) is 58.9 Å². The van der Waals surface area contributed by atoms with Crippen LogP contribution in [-0.4, -0.2) is 37.4 Å². The lowest BCUT2D eigenvalue weighted by atomic mass is 10.1. The fraction of sp³-hybridized carbons (Fsp3) is 0.316. The number of nitrogens with zero attached hydrogens (tertiary/aromatic N) is 2. The molecule has 0 atom stereocenters. The monoisotopic (exact) mass is 344 g/mol. The number of hydrogen-bond donors (Lipinski definition) is 1. The van der Waals surface area contributed by atoms with Crippen molar-refractivity contribution in [2.45, 2.75) is 13.1 Å². The van der Waals surface area contributed by atoms with E-state index < -0.39 is 0 Å². The van der Waals surface area contributed by atoms with E-state index in [1.54, 1.807) is 20.3 Å². The normalized spacial score (nSPS) is 10.6. The van der Waals surface area contributed by atoms with E-state index in [2.05, 4.69) is 0 Å². The first kappa shape index (κ1) is 18.7. The smallest absolute Gasteiger partial charge is 0.127 e. The van der Waals surface area contributed by atoms with Crippen LogP contribution in [0.5, 0.6) is 11.5 Å². The molecule has 0 saturated heterocycles. The fourth-order valence-electron chi connectivity index (χ4n) is 2.61. The molecule has 0 saturated carbocycles. The largest absolute Gasteiger partial charge is 0.497 e. The van der Waals surface area contributed by atoms with Crippen LogP contribution in [0.3, 0.4) is 0 Å². The summed E-state index contributed by atoms with van der Waals surface area (Å²) in [4.78, 5) is 1.89. The number of nitriles is 1. The summed E-state index contributed by atoms with van der Waals surface area (Å²) in [6, 6.07) is 11.7. The molecule has 0 aliphatic carbocycles. The lowest BCUT2D eigenvalue weighted by Gasteiger charge is -2.23. The van der Waals surface area contributed by atoms with Gasteiger partial charge in [-0.05, 0) is 36.4 Å². The zero-order valence-corrected chi connectivity index (χ0v) is 14.3. The van der Waals surface area contributed by atoms with Gasteiger partial charge in [0.2, 0.25) is 0 Å². The second-order valence-electron chi connectivity index (χ2n) is 5.53. The molecule has 0 unspecified atom stereocenters. The van der Waals surface area contributed by atoms with Gasteiger partial charge in [-0.25, -0.2) is 4.39 Å². The summed E-state index contributed by atoms with van der Waals surface area (Å²) in [6.07, 6.45) is 0. The minimum atomic E-state index is -0.375. The Morgan fingerprint density at radius 3 is 2.48 bits per heavy atom. The van der Waals surface area contributed by atoms with E-state index in [-0.39, 0.29) is 19.0 Å². The maximum absolute atomic E-state index is 14.1. The molecule has 2 rings (SSSR count). The standard InChI is InChI=1S/C19H21FN2O3/c1-24-17-4-6-19(25-2)16(10-17)13-22(7-8-23)12-15-9-14(11-21)3-5-18(15)20/h3-6,9-10,23H,7-8,12-13H2,1-2H3. The van der Waals surface area contributed by atoms with Gasteiger partial charge in [-0.1, -0.05) is 0 Å². The zero-order valence-electron chi connectivity index (χ0n) is 14.3. The van der Waals surface area contributed by atoms with E-state index in [0.29, 0.717) is 35.7 Å². The molecular weight excluding hydrogens is 323 g/mol. The third-order valence-corrected chi connectivity index (χ3v) is 3.87. The predicted molar refractivity (Wildman–Crippen MR) is 91.9 cm³/mol. The van der Waals surface area contributed by atoms with Gasteiger partial charge in [-0.3, -0.25) is 4.90 Å². The molecule has 0 aliphatic rings. The Bertz CT molecular complexity index is 759. The third kappa shape index (κ3) is 4.92. The molecule has 0 heterocycles. The summed E-state index contributed by atoms with van der Waals surface area (Å²) in [5.74, 6) is 1.01. The molecule has 1 N–H and O–H groups in total. The van der Waals surface area contributed by atoms with Gasteiger partial charge in [0, 0.05) is 30.8 Å². The average molecular weight is 344 g/mol. The van der Waals surface area contributed by atoms with E-state index in [0.717, 1.165) is 5.56 Å². The molecule has 2 aromatic carbocycles. The number of aliphatic hydroxyl groups excluding tert-OH is 1. The van der Waals surface area contributed by atoms with Crippen molar-refractivity contribution in [3.8, 4) is 17.6 Å². The molecule has 0 bridgehead atoms. The van der Waals surface area contributed by atoms with Crippen LogP contribution in [0.4, 0.5) is 4.39 Å². The topological polar surface area (TPSA) is 65.7 Å². The lowest BCUT2D eigenvalue weighted by Crippen LogP contribution is -2.26. The maximum Gasteiger partial charge on any atom is 0.127 e. The summed E-state index contributed by atoms with van der Waals surface area (Å²) in [7, 11) is 3.16. The maximum atomic E-state index is 14.1. The van der Waals surface area contributed by atoms with Crippen molar-refractivity contribution in [2.75, 3.05) is 27.4 Å². The Morgan fingerprint density at radius 2 is 1.84 bits per heavy atom. The van der Waals surface area contributed by atoms with Crippen molar-refractivity contribution in [1.29, 1.82) is 5.26 Å². The van der Waals surface area contributed by atoms with E-state index in [9.17, 15) is 9.50 Å².